The summed E-state index contributed by atoms with van der Waals surface area (Å²) in [5.41, 5.74) is 7.00. The molecule has 1 aliphatic rings. The lowest BCUT2D eigenvalue weighted by molar-refractivity contribution is -0.137. The first-order valence-electron chi connectivity index (χ1n) is 7.60. The molecular weight excluding hydrogens is 264 g/mol. The van der Waals surface area contributed by atoms with Gasteiger partial charge >= 0.3 is 0 Å². The number of carbonyl (C=O) groups is 1. The van der Waals surface area contributed by atoms with Crippen LogP contribution in [0.5, 0.6) is 5.75 Å². The van der Waals surface area contributed by atoms with Crippen LogP contribution < -0.4 is 10.5 Å². The number of para-hydroxylation sites is 1. The summed E-state index contributed by atoms with van der Waals surface area (Å²) in [6, 6.07) is 7.91. The number of hydrogen-bond donors (Lipinski definition) is 1. The Hall–Kier alpha value is -1.55. The molecule has 0 fully saturated rings. The first kappa shape index (κ1) is 15.8. The number of nitrogens with zero attached hydrogens (tertiary/aromatic N) is 1. The summed E-state index contributed by atoms with van der Waals surface area (Å²) in [4.78, 5) is 14.6. The molecule has 0 aliphatic carbocycles. The minimum atomic E-state index is -0.115. The molecule has 0 radical (unpaired) electrons. The molecule has 0 saturated heterocycles. The monoisotopic (exact) mass is 290 g/mol. The lowest BCUT2D eigenvalue weighted by atomic mass is 9.84. The fourth-order valence-corrected chi connectivity index (χ4v) is 2.78. The van der Waals surface area contributed by atoms with E-state index in [0.29, 0.717) is 26.2 Å². The van der Waals surface area contributed by atoms with Crippen LogP contribution in [0.1, 0.15) is 32.8 Å². The van der Waals surface area contributed by atoms with E-state index in [1.807, 2.05) is 29.2 Å². The number of benzene rings is 1. The molecule has 0 spiro atoms. The highest BCUT2D eigenvalue weighted by molar-refractivity contribution is 5.79. The third-order valence-corrected chi connectivity index (χ3v) is 3.76. The van der Waals surface area contributed by atoms with Crippen LogP contribution in [-0.2, 0) is 11.3 Å². The fourth-order valence-electron chi connectivity index (χ4n) is 2.78. The van der Waals surface area contributed by atoms with E-state index in [4.69, 9.17) is 10.5 Å². The van der Waals surface area contributed by atoms with Crippen LogP contribution in [0.4, 0.5) is 0 Å². The standard InChI is InChI=1S/C17H26N2O2/c1-17(2,3)10-14(11-18)16(20)19-8-9-21-15-7-5-4-6-13(15)12-19/h4-7,14H,8-12,18H2,1-3H3. The van der Waals surface area contributed by atoms with E-state index in [0.717, 1.165) is 17.7 Å². The molecule has 0 aromatic heterocycles. The summed E-state index contributed by atoms with van der Waals surface area (Å²) < 4.78 is 5.72. The number of amides is 1. The van der Waals surface area contributed by atoms with Crippen molar-refractivity contribution in [2.45, 2.75) is 33.7 Å². The Morgan fingerprint density at radius 1 is 1.38 bits per heavy atom. The molecule has 1 amide bonds. The number of nitrogens with two attached hydrogens (primary N) is 1. The van der Waals surface area contributed by atoms with Crippen LogP contribution in [0.15, 0.2) is 24.3 Å². The van der Waals surface area contributed by atoms with Gasteiger partial charge in [0, 0.05) is 18.7 Å². The van der Waals surface area contributed by atoms with Gasteiger partial charge in [0.05, 0.1) is 12.5 Å². The van der Waals surface area contributed by atoms with Gasteiger partial charge in [0.15, 0.2) is 0 Å². The second-order valence-corrected chi connectivity index (χ2v) is 6.91. The van der Waals surface area contributed by atoms with Crippen molar-refractivity contribution in [2.75, 3.05) is 19.7 Å². The van der Waals surface area contributed by atoms with Crippen molar-refractivity contribution in [3.05, 3.63) is 29.8 Å². The predicted molar refractivity (Wildman–Crippen MR) is 84.0 cm³/mol. The van der Waals surface area contributed by atoms with Crippen molar-refractivity contribution >= 4 is 5.91 Å². The Balaban J connectivity index is 2.12. The van der Waals surface area contributed by atoms with Crippen molar-refractivity contribution < 1.29 is 9.53 Å². The molecule has 0 saturated carbocycles. The molecule has 0 bridgehead atoms. The van der Waals surface area contributed by atoms with E-state index >= 15 is 0 Å². The molecule has 116 valence electrons. The lowest BCUT2D eigenvalue weighted by Gasteiger charge is -2.29. The molecule has 1 aromatic rings. The van der Waals surface area contributed by atoms with Gasteiger partial charge in [-0.25, -0.2) is 0 Å². The van der Waals surface area contributed by atoms with Gasteiger partial charge in [-0.3, -0.25) is 4.79 Å². The van der Waals surface area contributed by atoms with Crippen molar-refractivity contribution in [1.82, 2.24) is 4.90 Å². The summed E-state index contributed by atoms with van der Waals surface area (Å²) in [5.74, 6) is 0.913. The summed E-state index contributed by atoms with van der Waals surface area (Å²) in [6.45, 7) is 8.59. The Kier molecular flexibility index (Phi) is 4.88. The van der Waals surface area contributed by atoms with Gasteiger partial charge in [-0.2, -0.15) is 0 Å². The number of rotatable bonds is 3. The topological polar surface area (TPSA) is 55.6 Å². The Morgan fingerprint density at radius 3 is 2.76 bits per heavy atom. The van der Waals surface area contributed by atoms with Gasteiger partial charge in [0.2, 0.25) is 5.91 Å². The first-order valence-corrected chi connectivity index (χ1v) is 7.60. The highest BCUT2D eigenvalue weighted by Gasteiger charge is 2.29. The zero-order valence-corrected chi connectivity index (χ0v) is 13.3. The smallest absolute Gasteiger partial charge is 0.227 e. The molecule has 2 N–H and O–H groups in total. The van der Waals surface area contributed by atoms with Crippen LogP contribution in [0.25, 0.3) is 0 Å². The quantitative estimate of drug-likeness (QED) is 0.930. The molecule has 4 heteroatoms. The van der Waals surface area contributed by atoms with Crippen molar-refractivity contribution in [3.63, 3.8) is 0 Å². The van der Waals surface area contributed by atoms with Crippen LogP contribution >= 0.6 is 0 Å². The lowest BCUT2D eigenvalue weighted by Crippen LogP contribution is -2.41. The molecule has 1 aliphatic heterocycles. The van der Waals surface area contributed by atoms with E-state index < -0.39 is 0 Å². The summed E-state index contributed by atoms with van der Waals surface area (Å²) in [7, 11) is 0. The van der Waals surface area contributed by atoms with Crippen LogP contribution in [0.3, 0.4) is 0 Å². The van der Waals surface area contributed by atoms with E-state index in [1.54, 1.807) is 0 Å². The number of carbonyl (C=O) groups excluding carboxylic acids is 1. The van der Waals surface area contributed by atoms with E-state index in [2.05, 4.69) is 20.8 Å². The average molecular weight is 290 g/mol. The molecular formula is C17H26N2O2. The molecule has 1 aromatic carbocycles. The number of ether oxygens (including phenoxy) is 1. The normalized spacial score (nSPS) is 16.7. The maximum Gasteiger partial charge on any atom is 0.227 e. The van der Waals surface area contributed by atoms with Gasteiger partial charge in [-0.05, 0) is 17.9 Å². The zero-order chi connectivity index (χ0) is 15.5. The van der Waals surface area contributed by atoms with Gasteiger partial charge < -0.3 is 15.4 Å². The third kappa shape index (κ3) is 4.21. The van der Waals surface area contributed by atoms with Gasteiger partial charge in [0.25, 0.3) is 0 Å². The maximum absolute atomic E-state index is 12.8. The summed E-state index contributed by atoms with van der Waals surface area (Å²) in [6.07, 6.45) is 0.807. The number of fused-ring (bicyclic) bond motifs is 1. The van der Waals surface area contributed by atoms with Gasteiger partial charge in [0.1, 0.15) is 12.4 Å². The average Bonchev–Trinajstić information content (AvgIpc) is 2.65. The third-order valence-electron chi connectivity index (χ3n) is 3.76. The Morgan fingerprint density at radius 2 is 2.10 bits per heavy atom. The second-order valence-electron chi connectivity index (χ2n) is 6.91. The number of hydrogen-bond acceptors (Lipinski definition) is 3. The molecule has 4 nitrogen and oxygen atoms in total. The van der Waals surface area contributed by atoms with E-state index in [9.17, 15) is 4.79 Å². The predicted octanol–water partition coefficient (Wildman–Crippen LogP) is 2.42. The Labute approximate surface area is 127 Å². The summed E-state index contributed by atoms with van der Waals surface area (Å²) in [5, 5.41) is 0. The zero-order valence-electron chi connectivity index (χ0n) is 13.3. The minimum Gasteiger partial charge on any atom is -0.491 e. The van der Waals surface area contributed by atoms with E-state index in [-0.39, 0.29) is 17.2 Å². The van der Waals surface area contributed by atoms with Crippen LogP contribution in [0.2, 0.25) is 0 Å². The SMILES string of the molecule is CC(C)(C)CC(CN)C(=O)N1CCOc2ccccc2C1. The summed E-state index contributed by atoms with van der Waals surface area (Å²) >= 11 is 0. The van der Waals surface area contributed by atoms with Crippen molar-refractivity contribution in [3.8, 4) is 5.75 Å². The fraction of sp³-hybridized carbons (Fsp3) is 0.588. The van der Waals surface area contributed by atoms with Crippen molar-refractivity contribution in [2.24, 2.45) is 17.1 Å². The van der Waals surface area contributed by atoms with Crippen LogP contribution in [0, 0.1) is 11.3 Å². The largest absolute Gasteiger partial charge is 0.491 e. The van der Waals surface area contributed by atoms with Crippen LogP contribution in [-0.4, -0.2) is 30.5 Å². The molecule has 2 rings (SSSR count). The van der Waals surface area contributed by atoms with Crippen molar-refractivity contribution in [1.29, 1.82) is 0 Å². The minimum absolute atomic E-state index is 0.0972. The molecule has 1 atom stereocenters. The Bertz CT molecular complexity index is 494. The second kappa shape index (κ2) is 6.48. The highest BCUT2D eigenvalue weighted by Crippen LogP contribution is 2.27. The molecule has 1 heterocycles. The van der Waals surface area contributed by atoms with E-state index in [1.165, 1.54) is 0 Å². The maximum atomic E-state index is 12.8. The molecule has 21 heavy (non-hydrogen) atoms. The highest BCUT2D eigenvalue weighted by atomic mass is 16.5. The first-order chi connectivity index (χ1) is 9.90. The van der Waals surface area contributed by atoms with Gasteiger partial charge in [-0.1, -0.05) is 39.0 Å². The molecule has 1 unspecified atom stereocenters. The van der Waals surface area contributed by atoms with Gasteiger partial charge in [-0.15, -0.1) is 0 Å².